The molecule has 1 aliphatic rings. The molecule has 1 amide bonds. The van der Waals surface area contributed by atoms with E-state index in [9.17, 15) is 9.59 Å². The molecule has 0 atom stereocenters. The van der Waals surface area contributed by atoms with Crippen molar-refractivity contribution in [3.05, 3.63) is 50.0 Å². The van der Waals surface area contributed by atoms with E-state index in [4.69, 9.17) is 28.3 Å². The minimum atomic E-state index is -0.388. The van der Waals surface area contributed by atoms with Crippen molar-refractivity contribution in [2.45, 2.75) is 30.8 Å². The molecule has 0 saturated heterocycles. The van der Waals surface area contributed by atoms with Gasteiger partial charge in [-0.2, -0.15) is 4.98 Å². The van der Waals surface area contributed by atoms with Crippen molar-refractivity contribution in [1.29, 1.82) is 0 Å². The summed E-state index contributed by atoms with van der Waals surface area (Å²) in [6.45, 7) is 0.135. The third kappa shape index (κ3) is 4.06. The van der Waals surface area contributed by atoms with Gasteiger partial charge in [0, 0.05) is 11.3 Å². The summed E-state index contributed by atoms with van der Waals surface area (Å²) in [5.74, 6) is -0.154. The Morgan fingerprint density at radius 2 is 2.15 bits per heavy atom. The van der Waals surface area contributed by atoms with Crippen molar-refractivity contribution in [3.8, 4) is 0 Å². The first-order valence-corrected chi connectivity index (χ1v) is 9.85. The average molecular weight is 414 g/mol. The molecule has 1 aromatic heterocycles. The summed E-state index contributed by atoms with van der Waals surface area (Å²) < 4.78 is 1.53. The smallest absolute Gasteiger partial charge is 0.348 e. The molecule has 0 fully saturated rings. The minimum absolute atomic E-state index is 0.103. The number of rotatable bonds is 6. The van der Waals surface area contributed by atoms with Gasteiger partial charge in [0.2, 0.25) is 5.91 Å². The van der Waals surface area contributed by atoms with Gasteiger partial charge in [-0.1, -0.05) is 41.0 Å². The molecule has 0 radical (unpaired) electrons. The lowest BCUT2D eigenvalue weighted by Gasteiger charge is -2.13. The number of benzene rings is 1. The Hall–Kier alpha value is -1.54. The molecule has 2 N–H and O–H groups in total. The summed E-state index contributed by atoms with van der Waals surface area (Å²) in [7, 11) is 0. The maximum absolute atomic E-state index is 12.2. The lowest BCUT2D eigenvalue weighted by atomic mass is 10.2. The number of nitrogens with one attached hydrogen (secondary N) is 1. The number of carbonyl (C=O) groups is 1. The van der Waals surface area contributed by atoms with Gasteiger partial charge in [-0.05, 0) is 31.4 Å². The van der Waals surface area contributed by atoms with Crippen LogP contribution in [-0.2, 0) is 24.2 Å². The van der Waals surface area contributed by atoms with E-state index in [1.807, 2.05) is 0 Å². The van der Waals surface area contributed by atoms with Crippen molar-refractivity contribution in [3.63, 3.8) is 0 Å². The van der Waals surface area contributed by atoms with Gasteiger partial charge in [0.05, 0.1) is 34.6 Å². The fourth-order valence-corrected chi connectivity index (χ4v) is 4.18. The fraction of sp³-hybridized carbons (Fsp3) is 0.353. The monoisotopic (exact) mass is 413 g/mol. The second-order valence-electron chi connectivity index (χ2n) is 5.79. The van der Waals surface area contributed by atoms with Gasteiger partial charge in [-0.25, -0.2) is 4.79 Å². The van der Waals surface area contributed by atoms with Gasteiger partial charge in [-0.3, -0.25) is 9.36 Å². The Bertz CT molecular complexity index is 902. The number of nitrogens with zero attached hydrogens (tertiary/aromatic N) is 2. The van der Waals surface area contributed by atoms with Gasteiger partial charge in [0.15, 0.2) is 0 Å². The van der Waals surface area contributed by atoms with E-state index < -0.39 is 0 Å². The topological polar surface area (TPSA) is 84.2 Å². The molecule has 2 aromatic rings. The molecule has 1 aliphatic carbocycles. The Balaban J connectivity index is 1.73. The van der Waals surface area contributed by atoms with Crippen LogP contribution in [0.1, 0.15) is 17.7 Å². The molecular weight excluding hydrogens is 397 g/mol. The Morgan fingerprint density at radius 3 is 2.92 bits per heavy atom. The van der Waals surface area contributed by atoms with Crippen molar-refractivity contribution in [2.75, 3.05) is 17.7 Å². The molecule has 0 bridgehead atoms. The summed E-state index contributed by atoms with van der Waals surface area (Å²) >= 11 is 13.2. The number of thioether (sulfide) groups is 1. The molecule has 9 heteroatoms. The predicted molar refractivity (Wildman–Crippen MR) is 103 cm³/mol. The largest absolute Gasteiger partial charge is 0.395 e. The van der Waals surface area contributed by atoms with Crippen LogP contribution in [0.3, 0.4) is 0 Å². The molecule has 26 heavy (non-hydrogen) atoms. The summed E-state index contributed by atoms with van der Waals surface area (Å²) in [4.78, 5) is 28.5. The minimum Gasteiger partial charge on any atom is -0.395 e. The highest BCUT2D eigenvalue weighted by Crippen LogP contribution is 2.31. The summed E-state index contributed by atoms with van der Waals surface area (Å²) in [5, 5.41) is 13.1. The molecule has 1 heterocycles. The highest BCUT2D eigenvalue weighted by molar-refractivity contribution is 8.00. The number of amides is 1. The van der Waals surface area contributed by atoms with E-state index in [0.29, 0.717) is 15.7 Å². The van der Waals surface area contributed by atoms with Gasteiger partial charge in [0.25, 0.3) is 0 Å². The quantitative estimate of drug-likeness (QED) is 0.561. The van der Waals surface area contributed by atoms with Crippen molar-refractivity contribution in [2.24, 2.45) is 0 Å². The van der Waals surface area contributed by atoms with E-state index in [1.165, 1.54) is 16.3 Å². The third-order valence-electron chi connectivity index (χ3n) is 4.09. The molecule has 0 aliphatic heterocycles. The number of anilines is 1. The lowest BCUT2D eigenvalue weighted by molar-refractivity contribution is -0.113. The first-order chi connectivity index (χ1) is 12.5. The molecule has 0 unspecified atom stereocenters. The molecular formula is C17H17Cl2N3O3S. The van der Waals surface area contributed by atoms with E-state index in [1.54, 1.807) is 18.2 Å². The Morgan fingerprint density at radius 1 is 1.35 bits per heavy atom. The number of hydrogen-bond acceptors (Lipinski definition) is 5. The molecule has 1 aromatic carbocycles. The van der Waals surface area contributed by atoms with Crippen molar-refractivity contribution < 1.29 is 9.90 Å². The predicted octanol–water partition coefficient (Wildman–Crippen LogP) is 2.76. The van der Waals surface area contributed by atoms with Crippen LogP contribution in [0.25, 0.3) is 0 Å². The standard InChI is InChI=1S/C17H17Cl2N3O3S/c18-11-4-2-5-12(15(11)19)20-14(24)9-26-16-10-3-1-6-13(10)22(7-8-23)17(25)21-16/h2,4-5,23H,1,3,6-9H2,(H,20,24). The lowest BCUT2D eigenvalue weighted by Crippen LogP contribution is -2.28. The summed E-state index contributed by atoms with van der Waals surface area (Å²) in [5.41, 5.74) is 1.97. The SMILES string of the molecule is O=C(CSc1nc(=O)n(CCO)c2c1CCC2)Nc1cccc(Cl)c1Cl. The maximum Gasteiger partial charge on any atom is 0.348 e. The first kappa shape index (κ1) is 19.2. The summed E-state index contributed by atoms with van der Waals surface area (Å²) in [6.07, 6.45) is 2.53. The fourth-order valence-electron chi connectivity index (χ4n) is 2.96. The van der Waals surface area contributed by atoms with E-state index >= 15 is 0 Å². The number of halogens is 2. The molecule has 138 valence electrons. The number of aliphatic hydroxyl groups excluding tert-OH is 1. The Labute approximate surface area is 164 Å². The number of hydrogen-bond donors (Lipinski definition) is 2. The van der Waals surface area contributed by atoms with Gasteiger partial charge in [-0.15, -0.1) is 0 Å². The van der Waals surface area contributed by atoms with Crippen LogP contribution in [-0.4, -0.2) is 32.9 Å². The first-order valence-electron chi connectivity index (χ1n) is 8.11. The van der Waals surface area contributed by atoms with Gasteiger partial charge < -0.3 is 10.4 Å². The molecule has 0 saturated carbocycles. The summed E-state index contributed by atoms with van der Waals surface area (Å²) in [6, 6.07) is 5.01. The van der Waals surface area contributed by atoms with Crippen LogP contribution < -0.4 is 11.0 Å². The van der Waals surface area contributed by atoms with Crippen molar-refractivity contribution in [1.82, 2.24) is 9.55 Å². The zero-order valence-corrected chi connectivity index (χ0v) is 16.1. The molecule has 3 rings (SSSR count). The zero-order chi connectivity index (χ0) is 18.7. The average Bonchev–Trinajstić information content (AvgIpc) is 3.10. The highest BCUT2D eigenvalue weighted by Gasteiger charge is 2.22. The number of aromatic nitrogens is 2. The van der Waals surface area contributed by atoms with Crippen LogP contribution in [0.4, 0.5) is 5.69 Å². The highest BCUT2D eigenvalue weighted by atomic mass is 35.5. The molecule has 0 spiro atoms. The Kier molecular flexibility index (Phi) is 6.24. The van der Waals surface area contributed by atoms with E-state index in [-0.39, 0.29) is 35.5 Å². The maximum atomic E-state index is 12.2. The number of fused-ring (bicyclic) bond motifs is 1. The zero-order valence-electron chi connectivity index (χ0n) is 13.8. The van der Waals surface area contributed by atoms with Crippen LogP contribution in [0.2, 0.25) is 10.0 Å². The van der Waals surface area contributed by atoms with Gasteiger partial charge in [0.1, 0.15) is 5.03 Å². The van der Waals surface area contributed by atoms with Crippen LogP contribution in [0, 0.1) is 0 Å². The van der Waals surface area contributed by atoms with Crippen LogP contribution in [0.5, 0.6) is 0 Å². The second-order valence-corrected chi connectivity index (χ2v) is 7.54. The van der Waals surface area contributed by atoms with Crippen LogP contribution in [0.15, 0.2) is 28.0 Å². The van der Waals surface area contributed by atoms with Gasteiger partial charge >= 0.3 is 5.69 Å². The van der Waals surface area contributed by atoms with E-state index in [2.05, 4.69) is 10.3 Å². The second kappa shape index (κ2) is 8.43. The van der Waals surface area contributed by atoms with Crippen LogP contribution >= 0.6 is 35.0 Å². The number of carbonyl (C=O) groups excluding carboxylic acids is 1. The van der Waals surface area contributed by atoms with E-state index in [0.717, 1.165) is 30.5 Å². The molecule has 6 nitrogen and oxygen atoms in total. The third-order valence-corrected chi connectivity index (χ3v) is 5.93. The number of aliphatic hydroxyl groups is 1. The van der Waals surface area contributed by atoms with Crippen molar-refractivity contribution >= 4 is 46.6 Å². The normalized spacial score (nSPS) is 12.9.